The van der Waals surface area contributed by atoms with Gasteiger partial charge in [-0.2, -0.15) is 0 Å². The maximum absolute atomic E-state index is 13.0. The summed E-state index contributed by atoms with van der Waals surface area (Å²) in [4.78, 5) is 25.9. The predicted octanol–water partition coefficient (Wildman–Crippen LogP) is 2.46. The van der Waals surface area contributed by atoms with Crippen molar-refractivity contribution in [1.82, 2.24) is 0 Å². The number of phenolic OH excluding ortho intramolecular Hbond substituents is 1. The van der Waals surface area contributed by atoms with Crippen LogP contribution in [0.25, 0.3) is 0 Å². The van der Waals surface area contributed by atoms with Crippen molar-refractivity contribution in [1.29, 1.82) is 0 Å². The van der Waals surface area contributed by atoms with Gasteiger partial charge < -0.3 is 24.1 Å². The van der Waals surface area contributed by atoms with Gasteiger partial charge >= 0.3 is 0 Å². The molecular formula is C20H18O7. The second kappa shape index (κ2) is 6.92. The summed E-state index contributed by atoms with van der Waals surface area (Å²) in [6.07, 6.45) is 0. The number of ketones is 2. The summed E-state index contributed by atoms with van der Waals surface area (Å²) in [5, 5.41) is 9.71. The fourth-order valence-corrected chi connectivity index (χ4v) is 3.38. The number of carbonyl (C=O) groups excluding carboxylic acids is 2. The van der Waals surface area contributed by atoms with Crippen molar-refractivity contribution >= 4 is 11.6 Å². The predicted molar refractivity (Wildman–Crippen MR) is 93.7 cm³/mol. The molecular weight excluding hydrogens is 352 g/mol. The first kappa shape index (κ1) is 17.4. The third-order valence-corrected chi connectivity index (χ3v) is 4.88. The third kappa shape index (κ3) is 3.10. The summed E-state index contributed by atoms with van der Waals surface area (Å²) < 4.78 is 21.1. The topological polar surface area (TPSA) is 91.3 Å². The van der Waals surface area contributed by atoms with Crippen LogP contribution >= 0.6 is 0 Å². The molecule has 2 aromatic carbocycles. The van der Waals surface area contributed by atoms with E-state index in [1.54, 1.807) is 18.2 Å². The van der Waals surface area contributed by atoms with Crippen molar-refractivity contribution in [3.63, 3.8) is 0 Å². The number of phenols is 1. The van der Waals surface area contributed by atoms with Gasteiger partial charge in [-0.05, 0) is 36.4 Å². The summed E-state index contributed by atoms with van der Waals surface area (Å²) in [6, 6.07) is 9.37. The molecule has 1 N–H and O–H groups in total. The molecule has 0 unspecified atom stereocenters. The Morgan fingerprint density at radius 2 is 1.59 bits per heavy atom. The average molecular weight is 370 g/mol. The maximum Gasteiger partial charge on any atom is 0.231 e. The molecule has 2 heterocycles. The van der Waals surface area contributed by atoms with Crippen LogP contribution in [0.3, 0.4) is 0 Å². The fourth-order valence-electron chi connectivity index (χ4n) is 3.38. The SMILES string of the molecule is COc1cc(C(=O)[C@H]2COC[C@@H]2C(=O)c2ccc3c(c2)OCO3)ccc1O. The smallest absolute Gasteiger partial charge is 0.231 e. The lowest BCUT2D eigenvalue weighted by Crippen LogP contribution is -2.29. The Kier molecular flexibility index (Phi) is 4.45. The number of hydrogen-bond acceptors (Lipinski definition) is 7. The standard InChI is InChI=1S/C20H18O7/c1-24-17-6-11(2-4-15(17)21)19(22)13-8-25-9-14(13)20(23)12-3-5-16-18(7-12)27-10-26-16/h2-7,13-14,21H,8-10H2,1H3/t13-,14-/m0/s1. The summed E-state index contributed by atoms with van der Waals surface area (Å²) in [5.41, 5.74) is 0.819. The number of rotatable bonds is 5. The van der Waals surface area contributed by atoms with Crippen LogP contribution in [0.5, 0.6) is 23.0 Å². The van der Waals surface area contributed by atoms with Crippen LogP contribution in [0.4, 0.5) is 0 Å². The van der Waals surface area contributed by atoms with Crippen molar-refractivity contribution in [3.8, 4) is 23.0 Å². The van der Waals surface area contributed by atoms with Gasteiger partial charge in [0.25, 0.3) is 0 Å². The van der Waals surface area contributed by atoms with Crippen LogP contribution in [0.1, 0.15) is 20.7 Å². The molecule has 0 amide bonds. The lowest BCUT2D eigenvalue weighted by atomic mass is 9.83. The van der Waals surface area contributed by atoms with Gasteiger partial charge in [0.1, 0.15) is 0 Å². The first-order valence-corrected chi connectivity index (χ1v) is 8.51. The summed E-state index contributed by atoms with van der Waals surface area (Å²) >= 11 is 0. The summed E-state index contributed by atoms with van der Waals surface area (Å²) in [5.74, 6) is -0.304. The molecule has 7 heteroatoms. The van der Waals surface area contributed by atoms with Crippen molar-refractivity contribution in [3.05, 3.63) is 47.5 Å². The van der Waals surface area contributed by atoms with Gasteiger partial charge in [0.2, 0.25) is 6.79 Å². The lowest BCUT2D eigenvalue weighted by Gasteiger charge is -2.16. The van der Waals surface area contributed by atoms with Crippen LogP contribution in [0.15, 0.2) is 36.4 Å². The van der Waals surface area contributed by atoms with E-state index in [4.69, 9.17) is 18.9 Å². The first-order chi connectivity index (χ1) is 13.1. The molecule has 0 spiro atoms. The normalized spacial score (nSPS) is 20.5. The molecule has 0 bridgehead atoms. The van der Waals surface area contributed by atoms with Gasteiger partial charge in [-0.3, -0.25) is 9.59 Å². The fraction of sp³-hybridized carbons (Fsp3) is 0.300. The van der Waals surface area contributed by atoms with Crippen LogP contribution < -0.4 is 14.2 Å². The van der Waals surface area contributed by atoms with E-state index in [1.165, 1.54) is 25.3 Å². The minimum absolute atomic E-state index is 0.0512. The number of benzene rings is 2. The molecule has 7 nitrogen and oxygen atoms in total. The van der Waals surface area contributed by atoms with Crippen molar-refractivity contribution in [2.24, 2.45) is 11.8 Å². The number of methoxy groups -OCH3 is 1. The Labute approximate surface area is 155 Å². The lowest BCUT2D eigenvalue weighted by molar-refractivity contribution is 0.0809. The Hall–Kier alpha value is -3.06. The second-order valence-electron chi connectivity index (χ2n) is 6.43. The van der Waals surface area contributed by atoms with Gasteiger partial charge in [-0.25, -0.2) is 0 Å². The minimum atomic E-state index is -0.600. The van der Waals surface area contributed by atoms with Crippen LogP contribution in [-0.4, -0.2) is 43.8 Å². The van der Waals surface area contributed by atoms with E-state index in [-0.39, 0.29) is 43.1 Å². The van der Waals surface area contributed by atoms with Crippen molar-refractivity contribution in [2.75, 3.05) is 27.1 Å². The van der Waals surface area contributed by atoms with Gasteiger partial charge in [-0.1, -0.05) is 0 Å². The van der Waals surface area contributed by atoms with Crippen LogP contribution in [0, 0.1) is 11.8 Å². The number of carbonyl (C=O) groups is 2. The third-order valence-electron chi connectivity index (χ3n) is 4.88. The van der Waals surface area contributed by atoms with E-state index >= 15 is 0 Å². The molecule has 2 aromatic rings. The average Bonchev–Trinajstić information content (AvgIpc) is 3.36. The molecule has 0 aromatic heterocycles. The maximum atomic E-state index is 13.0. The zero-order valence-corrected chi connectivity index (χ0v) is 14.6. The molecule has 1 saturated heterocycles. The van der Waals surface area contributed by atoms with E-state index in [1.807, 2.05) is 0 Å². The molecule has 0 radical (unpaired) electrons. The minimum Gasteiger partial charge on any atom is -0.504 e. The number of ether oxygens (including phenoxy) is 4. The highest BCUT2D eigenvalue weighted by atomic mass is 16.7. The summed E-state index contributed by atoms with van der Waals surface area (Å²) in [7, 11) is 1.41. The van der Waals surface area contributed by atoms with E-state index in [0.29, 0.717) is 22.6 Å². The van der Waals surface area contributed by atoms with E-state index in [0.717, 1.165) is 0 Å². The largest absolute Gasteiger partial charge is 0.504 e. The summed E-state index contributed by atoms with van der Waals surface area (Å²) in [6.45, 7) is 0.477. The zero-order valence-electron chi connectivity index (χ0n) is 14.6. The second-order valence-corrected chi connectivity index (χ2v) is 6.43. The molecule has 0 aliphatic carbocycles. The van der Waals surface area contributed by atoms with E-state index < -0.39 is 11.8 Å². The molecule has 140 valence electrons. The molecule has 2 aliphatic rings. The van der Waals surface area contributed by atoms with E-state index in [2.05, 4.69) is 0 Å². The molecule has 2 atom stereocenters. The quantitative estimate of drug-likeness (QED) is 0.809. The number of aromatic hydroxyl groups is 1. The van der Waals surface area contributed by atoms with Crippen molar-refractivity contribution < 1.29 is 33.6 Å². The van der Waals surface area contributed by atoms with Gasteiger partial charge in [0, 0.05) is 11.1 Å². The number of fused-ring (bicyclic) bond motifs is 1. The zero-order chi connectivity index (χ0) is 19.0. The molecule has 4 rings (SSSR count). The van der Waals surface area contributed by atoms with Gasteiger partial charge in [0.05, 0.1) is 32.2 Å². The monoisotopic (exact) mass is 370 g/mol. The van der Waals surface area contributed by atoms with Crippen LogP contribution in [0.2, 0.25) is 0 Å². The number of Topliss-reactive ketones (excluding diaryl/α,β-unsaturated/α-hetero) is 2. The molecule has 2 aliphatic heterocycles. The van der Waals surface area contributed by atoms with Crippen molar-refractivity contribution in [2.45, 2.75) is 0 Å². The highest BCUT2D eigenvalue weighted by molar-refractivity contribution is 6.05. The van der Waals surface area contributed by atoms with E-state index in [9.17, 15) is 14.7 Å². The molecule has 0 saturated carbocycles. The van der Waals surface area contributed by atoms with Crippen LogP contribution in [-0.2, 0) is 4.74 Å². The number of hydrogen-bond donors (Lipinski definition) is 1. The first-order valence-electron chi connectivity index (χ1n) is 8.51. The highest BCUT2D eigenvalue weighted by Gasteiger charge is 2.40. The van der Waals surface area contributed by atoms with Gasteiger partial charge in [0.15, 0.2) is 34.6 Å². The Morgan fingerprint density at radius 1 is 0.963 bits per heavy atom. The molecule has 27 heavy (non-hydrogen) atoms. The molecule has 1 fully saturated rings. The Bertz CT molecular complexity index is 876. The Balaban J connectivity index is 1.58. The Morgan fingerprint density at radius 3 is 2.30 bits per heavy atom. The highest BCUT2D eigenvalue weighted by Crippen LogP contribution is 2.35. The van der Waals surface area contributed by atoms with Gasteiger partial charge in [-0.15, -0.1) is 0 Å².